The van der Waals surface area contributed by atoms with Gasteiger partial charge >= 0.3 is 0 Å². The molecule has 1 fully saturated rings. The van der Waals surface area contributed by atoms with Gasteiger partial charge in [0.15, 0.2) is 0 Å². The average Bonchev–Trinajstić information content (AvgIpc) is 2.98. The third-order valence-corrected chi connectivity index (χ3v) is 2.64. The van der Waals surface area contributed by atoms with Gasteiger partial charge in [0, 0.05) is 14.1 Å². The van der Waals surface area contributed by atoms with Gasteiger partial charge in [-0.1, -0.05) is 6.07 Å². The van der Waals surface area contributed by atoms with Crippen LogP contribution in [0.4, 0.5) is 5.69 Å². The molecule has 0 bridgehead atoms. The lowest BCUT2D eigenvalue weighted by Gasteiger charge is -2.27. The van der Waals surface area contributed by atoms with Crippen molar-refractivity contribution in [3.05, 3.63) is 18.2 Å². The molecular formula is C15H23NO2. The Morgan fingerprint density at radius 3 is 2.22 bits per heavy atom. The van der Waals surface area contributed by atoms with E-state index in [4.69, 9.17) is 9.47 Å². The Morgan fingerprint density at radius 2 is 1.72 bits per heavy atom. The minimum Gasteiger partial charge on any atom is -0.488 e. The van der Waals surface area contributed by atoms with Crippen LogP contribution in [-0.4, -0.2) is 25.8 Å². The second-order valence-electron chi connectivity index (χ2n) is 6.03. The van der Waals surface area contributed by atoms with E-state index in [0.717, 1.165) is 30.0 Å². The van der Waals surface area contributed by atoms with Crippen LogP contribution in [0.15, 0.2) is 18.2 Å². The van der Waals surface area contributed by atoms with E-state index in [-0.39, 0.29) is 5.60 Å². The fourth-order valence-corrected chi connectivity index (χ4v) is 1.82. The highest BCUT2D eigenvalue weighted by Gasteiger charge is 2.26. The number of hydrogen-bond acceptors (Lipinski definition) is 3. The monoisotopic (exact) mass is 249 g/mol. The summed E-state index contributed by atoms with van der Waals surface area (Å²) in [4.78, 5) is 2.05. The van der Waals surface area contributed by atoms with Crippen LogP contribution in [0.3, 0.4) is 0 Å². The summed E-state index contributed by atoms with van der Waals surface area (Å²) in [6.45, 7) is 6.17. The summed E-state index contributed by atoms with van der Waals surface area (Å²) in [5.41, 5.74) is 0.822. The van der Waals surface area contributed by atoms with Crippen molar-refractivity contribution in [2.75, 3.05) is 19.0 Å². The van der Waals surface area contributed by atoms with Crippen molar-refractivity contribution in [1.29, 1.82) is 0 Å². The molecule has 2 rings (SSSR count). The Bertz CT molecular complexity index is 417. The summed E-state index contributed by atoms with van der Waals surface area (Å²) < 4.78 is 12.0. The van der Waals surface area contributed by atoms with Crippen LogP contribution in [0.5, 0.6) is 11.5 Å². The van der Waals surface area contributed by atoms with E-state index in [0.29, 0.717) is 6.10 Å². The topological polar surface area (TPSA) is 21.7 Å². The lowest BCUT2D eigenvalue weighted by atomic mass is 10.2. The Labute approximate surface area is 110 Å². The van der Waals surface area contributed by atoms with Crippen molar-refractivity contribution in [2.24, 2.45) is 0 Å². The Kier molecular flexibility index (Phi) is 3.42. The number of rotatable bonds is 4. The number of anilines is 1. The first-order valence-corrected chi connectivity index (χ1v) is 6.53. The Hall–Kier alpha value is -1.38. The summed E-state index contributed by atoms with van der Waals surface area (Å²) in [6, 6.07) is 6.01. The average molecular weight is 249 g/mol. The SMILES string of the molecule is CN(C)c1c(OC2CC2)cccc1OC(C)(C)C. The minimum atomic E-state index is -0.205. The molecule has 0 radical (unpaired) electrons. The molecule has 18 heavy (non-hydrogen) atoms. The molecule has 1 saturated carbocycles. The number of hydrogen-bond donors (Lipinski definition) is 0. The number of ether oxygens (including phenoxy) is 2. The van der Waals surface area contributed by atoms with Gasteiger partial charge in [0.05, 0.1) is 6.10 Å². The molecule has 0 atom stereocenters. The molecule has 0 aliphatic heterocycles. The van der Waals surface area contributed by atoms with Crippen molar-refractivity contribution in [2.45, 2.75) is 45.3 Å². The van der Waals surface area contributed by atoms with Crippen molar-refractivity contribution in [3.8, 4) is 11.5 Å². The van der Waals surface area contributed by atoms with Gasteiger partial charge in [-0.25, -0.2) is 0 Å². The summed E-state index contributed by atoms with van der Waals surface area (Å²) in [7, 11) is 4.04. The normalized spacial score (nSPS) is 15.4. The van der Waals surface area contributed by atoms with E-state index in [1.165, 1.54) is 0 Å². The molecule has 0 N–H and O–H groups in total. The molecule has 1 aliphatic carbocycles. The quantitative estimate of drug-likeness (QED) is 0.815. The molecule has 0 spiro atoms. The van der Waals surface area contributed by atoms with E-state index in [2.05, 4.69) is 25.7 Å². The zero-order valence-electron chi connectivity index (χ0n) is 12.0. The lowest BCUT2D eigenvalue weighted by Crippen LogP contribution is -2.24. The van der Waals surface area contributed by atoms with Gasteiger partial charge in [0.2, 0.25) is 0 Å². The largest absolute Gasteiger partial charge is 0.488 e. The summed E-state index contributed by atoms with van der Waals surface area (Å²) in [5.74, 6) is 1.80. The first kappa shape index (κ1) is 13.1. The van der Waals surface area contributed by atoms with Gasteiger partial charge in [-0.2, -0.15) is 0 Å². The first-order valence-electron chi connectivity index (χ1n) is 6.53. The van der Waals surface area contributed by atoms with Gasteiger partial charge in [-0.05, 0) is 45.7 Å². The maximum Gasteiger partial charge on any atom is 0.147 e. The third-order valence-electron chi connectivity index (χ3n) is 2.64. The standard InChI is InChI=1S/C15H23NO2/c1-15(2,3)18-13-8-6-7-12(14(13)16(4)5)17-11-9-10-11/h6-8,11H,9-10H2,1-5H3. The van der Waals surface area contributed by atoms with Gasteiger partial charge in [0.1, 0.15) is 22.8 Å². The lowest BCUT2D eigenvalue weighted by molar-refractivity contribution is 0.131. The van der Waals surface area contributed by atoms with Crippen LogP contribution in [-0.2, 0) is 0 Å². The molecule has 3 nitrogen and oxygen atoms in total. The van der Waals surface area contributed by atoms with Gasteiger partial charge in [-0.15, -0.1) is 0 Å². The van der Waals surface area contributed by atoms with Crippen molar-refractivity contribution in [3.63, 3.8) is 0 Å². The highest BCUT2D eigenvalue weighted by molar-refractivity contribution is 5.67. The van der Waals surface area contributed by atoms with E-state index >= 15 is 0 Å². The van der Waals surface area contributed by atoms with E-state index < -0.39 is 0 Å². The molecule has 1 aromatic carbocycles. The van der Waals surface area contributed by atoms with Gasteiger partial charge < -0.3 is 14.4 Å². The first-order chi connectivity index (χ1) is 8.37. The van der Waals surface area contributed by atoms with Crippen LogP contribution < -0.4 is 14.4 Å². The fraction of sp³-hybridized carbons (Fsp3) is 0.600. The Balaban J connectivity index is 2.31. The minimum absolute atomic E-state index is 0.205. The van der Waals surface area contributed by atoms with Crippen molar-refractivity contribution >= 4 is 5.69 Å². The summed E-state index contributed by atoms with van der Waals surface area (Å²) in [5, 5.41) is 0. The van der Waals surface area contributed by atoms with Gasteiger partial charge in [-0.3, -0.25) is 0 Å². The van der Waals surface area contributed by atoms with Crippen LogP contribution in [0.2, 0.25) is 0 Å². The van der Waals surface area contributed by atoms with Crippen LogP contribution in [0.25, 0.3) is 0 Å². The smallest absolute Gasteiger partial charge is 0.147 e. The molecule has 0 heterocycles. The molecular weight excluding hydrogens is 226 g/mol. The number of nitrogens with zero attached hydrogens (tertiary/aromatic N) is 1. The highest BCUT2D eigenvalue weighted by atomic mass is 16.5. The predicted molar refractivity (Wildman–Crippen MR) is 74.8 cm³/mol. The van der Waals surface area contributed by atoms with Gasteiger partial charge in [0.25, 0.3) is 0 Å². The van der Waals surface area contributed by atoms with Crippen LogP contribution in [0, 0.1) is 0 Å². The highest BCUT2D eigenvalue weighted by Crippen LogP contribution is 2.40. The molecule has 1 aromatic rings. The Morgan fingerprint density at radius 1 is 1.11 bits per heavy atom. The van der Waals surface area contributed by atoms with E-state index in [9.17, 15) is 0 Å². The molecule has 100 valence electrons. The molecule has 0 saturated heterocycles. The molecule has 3 heteroatoms. The van der Waals surface area contributed by atoms with Crippen molar-refractivity contribution < 1.29 is 9.47 Å². The van der Waals surface area contributed by atoms with E-state index in [1.54, 1.807) is 0 Å². The number of para-hydroxylation sites is 1. The maximum atomic E-state index is 6.02. The second-order valence-corrected chi connectivity index (χ2v) is 6.03. The zero-order chi connectivity index (χ0) is 13.3. The predicted octanol–water partition coefficient (Wildman–Crippen LogP) is 3.47. The summed E-state index contributed by atoms with van der Waals surface area (Å²) >= 11 is 0. The second kappa shape index (κ2) is 4.71. The van der Waals surface area contributed by atoms with Crippen LogP contribution in [0.1, 0.15) is 33.6 Å². The van der Waals surface area contributed by atoms with Crippen molar-refractivity contribution in [1.82, 2.24) is 0 Å². The molecule has 0 aromatic heterocycles. The molecule has 0 unspecified atom stereocenters. The zero-order valence-corrected chi connectivity index (χ0v) is 12.0. The number of benzene rings is 1. The maximum absolute atomic E-state index is 6.02. The fourth-order valence-electron chi connectivity index (χ4n) is 1.82. The van der Waals surface area contributed by atoms with E-state index in [1.807, 2.05) is 32.3 Å². The molecule has 0 amide bonds. The molecule has 1 aliphatic rings. The van der Waals surface area contributed by atoms with Crippen LogP contribution >= 0.6 is 0 Å². The third kappa shape index (κ3) is 3.31. The summed E-state index contributed by atoms with van der Waals surface area (Å²) in [6.07, 6.45) is 2.72.